The fraction of sp³-hybridized carbons (Fsp3) is 0.333. The number of aromatic nitrogens is 2. The lowest BCUT2D eigenvalue weighted by molar-refractivity contribution is -0.141. The van der Waals surface area contributed by atoms with Gasteiger partial charge in [0.15, 0.2) is 5.69 Å². The van der Waals surface area contributed by atoms with E-state index in [0.717, 1.165) is 16.3 Å². The zero-order chi connectivity index (χ0) is 17.0. The fourth-order valence-corrected chi connectivity index (χ4v) is 1.98. The van der Waals surface area contributed by atoms with Crippen LogP contribution in [0.25, 0.3) is 0 Å². The summed E-state index contributed by atoms with van der Waals surface area (Å²) in [5.41, 5.74) is 0.105. The molecule has 0 saturated carbocycles. The highest BCUT2D eigenvalue weighted by Crippen LogP contribution is 2.28. The Kier molecular flexibility index (Phi) is 4.92. The van der Waals surface area contributed by atoms with Gasteiger partial charge in [-0.05, 0) is 30.2 Å². The molecule has 0 aliphatic rings. The summed E-state index contributed by atoms with van der Waals surface area (Å²) in [6.07, 6.45) is -4.14. The average Bonchev–Trinajstić information content (AvgIpc) is 2.85. The first-order chi connectivity index (χ1) is 10.8. The van der Waals surface area contributed by atoms with Crippen LogP contribution in [-0.4, -0.2) is 20.9 Å². The molecule has 0 amide bonds. The zero-order valence-electron chi connectivity index (χ0n) is 12.3. The highest BCUT2D eigenvalue weighted by Gasteiger charge is 2.34. The molecule has 0 radical (unpaired) electrons. The van der Waals surface area contributed by atoms with Crippen molar-refractivity contribution in [2.75, 3.05) is 0 Å². The number of alkyl halides is 3. The van der Waals surface area contributed by atoms with Gasteiger partial charge in [-0.25, -0.2) is 0 Å². The summed E-state index contributed by atoms with van der Waals surface area (Å²) < 4.78 is 44.3. The summed E-state index contributed by atoms with van der Waals surface area (Å²) in [6, 6.07) is 7.74. The first-order valence-electron chi connectivity index (χ1n) is 6.79. The zero-order valence-corrected chi connectivity index (χ0v) is 12.3. The van der Waals surface area contributed by atoms with E-state index < -0.39 is 17.8 Å². The Bertz CT molecular complexity index is 696. The number of aliphatic carboxylic acids is 1. The van der Waals surface area contributed by atoms with Crippen molar-refractivity contribution in [2.24, 2.45) is 7.05 Å². The van der Waals surface area contributed by atoms with Crippen LogP contribution in [0.15, 0.2) is 30.3 Å². The summed E-state index contributed by atoms with van der Waals surface area (Å²) >= 11 is 0. The summed E-state index contributed by atoms with van der Waals surface area (Å²) in [6.45, 7) is -0.0675. The molecule has 0 atom stereocenters. The van der Waals surface area contributed by atoms with E-state index in [-0.39, 0.29) is 18.7 Å². The number of benzene rings is 1. The second-order valence-corrected chi connectivity index (χ2v) is 4.97. The minimum atomic E-state index is -4.49. The number of nitrogens with zero attached hydrogens (tertiary/aromatic N) is 2. The maximum absolute atomic E-state index is 12.6. The summed E-state index contributed by atoms with van der Waals surface area (Å²) in [5, 5.41) is 12.1. The molecular weight excluding hydrogens is 313 g/mol. The number of carboxylic acid groups (broad SMARTS) is 1. The second-order valence-electron chi connectivity index (χ2n) is 4.97. The van der Waals surface area contributed by atoms with E-state index in [0.29, 0.717) is 12.2 Å². The summed E-state index contributed by atoms with van der Waals surface area (Å²) in [7, 11) is 1.41. The van der Waals surface area contributed by atoms with E-state index in [9.17, 15) is 18.0 Å². The van der Waals surface area contributed by atoms with Crippen LogP contribution < -0.4 is 4.74 Å². The standard InChI is InChI=1S/C15H15F3N2O3/c1-20-11(8-13(19-20)15(16,17)18)9-23-12-4-2-3-10(7-12)5-6-14(21)22/h2-4,7-8H,5-6,9H2,1H3,(H,21,22). The van der Waals surface area contributed by atoms with Crippen LogP contribution in [0.4, 0.5) is 13.2 Å². The van der Waals surface area contributed by atoms with Crippen molar-refractivity contribution in [3.63, 3.8) is 0 Å². The van der Waals surface area contributed by atoms with Gasteiger partial charge in [0.1, 0.15) is 12.4 Å². The summed E-state index contributed by atoms with van der Waals surface area (Å²) in [4.78, 5) is 10.6. The molecule has 0 fully saturated rings. The Morgan fingerprint density at radius 1 is 1.35 bits per heavy atom. The molecule has 0 bridgehead atoms. The molecule has 1 N–H and O–H groups in total. The predicted octanol–water partition coefficient (Wildman–Crippen LogP) is 3.04. The maximum Gasteiger partial charge on any atom is 0.435 e. The number of aryl methyl sites for hydroxylation is 2. The number of halogens is 3. The topological polar surface area (TPSA) is 64.4 Å². The average molecular weight is 328 g/mol. The van der Waals surface area contributed by atoms with Crippen LogP contribution >= 0.6 is 0 Å². The Morgan fingerprint density at radius 2 is 2.09 bits per heavy atom. The smallest absolute Gasteiger partial charge is 0.435 e. The molecule has 8 heteroatoms. The van der Waals surface area contributed by atoms with Crippen molar-refractivity contribution in [1.82, 2.24) is 9.78 Å². The van der Waals surface area contributed by atoms with Gasteiger partial charge < -0.3 is 9.84 Å². The Morgan fingerprint density at radius 3 is 2.70 bits per heavy atom. The third-order valence-electron chi connectivity index (χ3n) is 3.18. The molecule has 1 aromatic heterocycles. The van der Waals surface area contributed by atoms with E-state index >= 15 is 0 Å². The molecule has 0 aliphatic carbocycles. The van der Waals surface area contributed by atoms with Gasteiger partial charge in [0, 0.05) is 13.5 Å². The third kappa shape index (κ3) is 4.73. The monoisotopic (exact) mass is 328 g/mol. The van der Waals surface area contributed by atoms with Gasteiger partial charge in [-0.3, -0.25) is 9.48 Å². The van der Waals surface area contributed by atoms with Crippen LogP contribution in [0.3, 0.4) is 0 Å². The number of ether oxygens (including phenoxy) is 1. The van der Waals surface area contributed by atoms with Crippen LogP contribution in [0.2, 0.25) is 0 Å². The molecule has 23 heavy (non-hydrogen) atoms. The third-order valence-corrected chi connectivity index (χ3v) is 3.18. The minimum Gasteiger partial charge on any atom is -0.487 e. The lowest BCUT2D eigenvalue weighted by Gasteiger charge is -2.08. The van der Waals surface area contributed by atoms with Crippen LogP contribution in [0.1, 0.15) is 23.4 Å². The van der Waals surface area contributed by atoms with Crippen LogP contribution in [0, 0.1) is 0 Å². The number of carbonyl (C=O) groups is 1. The Labute approximate surface area is 130 Å². The van der Waals surface area contributed by atoms with E-state index in [1.54, 1.807) is 24.3 Å². The van der Waals surface area contributed by atoms with E-state index in [2.05, 4.69) is 5.10 Å². The maximum atomic E-state index is 12.6. The fourth-order valence-electron chi connectivity index (χ4n) is 1.98. The molecule has 0 saturated heterocycles. The normalized spacial score (nSPS) is 11.5. The van der Waals surface area contributed by atoms with Crippen molar-refractivity contribution in [2.45, 2.75) is 25.6 Å². The van der Waals surface area contributed by atoms with Gasteiger partial charge in [-0.1, -0.05) is 12.1 Å². The lowest BCUT2D eigenvalue weighted by Crippen LogP contribution is -2.06. The van der Waals surface area contributed by atoms with Gasteiger partial charge >= 0.3 is 12.1 Å². The second kappa shape index (κ2) is 6.72. The molecule has 124 valence electrons. The van der Waals surface area contributed by atoms with E-state index in [4.69, 9.17) is 9.84 Å². The highest BCUT2D eigenvalue weighted by molar-refractivity contribution is 5.67. The SMILES string of the molecule is Cn1nc(C(F)(F)F)cc1COc1cccc(CCC(=O)O)c1. The molecule has 1 aromatic carbocycles. The van der Waals surface area contributed by atoms with Crippen molar-refractivity contribution < 1.29 is 27.8 Å². The minimum absolute atomic E-state index is 0.000126. The molecule has 2 aromatic rings. The van der Waals surface area contributed by atoms with Crippen molar-refractivity contribution >= 4 is 5.97 Å². The number of hydrogen-bond donors (Lipinski definition) is 1. The van der Waals surface area contributed by atoms with E-state index in [1.165, 1.54) is 7.05 Å². The van der Waals surface area contributed by atoms with Gasteiger partial charge in [-0.15, -0.1) is 0 Å². The Hall–Kier alpha value is -2.51. The van der Waals surface area contributed by atoms with Crippen molar-refractivity contribution in [3.05, 3.63) is 47.3 Å². The molecule has 0 aliphatic heterocycles. The molecule has 5 nitrogen and oxygen atoms in total. The van der Waals surface area contributed by atoms with Gasteiger partial charge in [0.2, 0.25) is 0 Å². The summed E-state index contributed by atoms with van der Waals surface area (Å²) in [5.74, 6) is -0.437. The van der Waals surface area contributed by atoms with Gasteiger partial charge in [-0.2, -0.15) is 18.3 Å². The molecule has 0 spiro atoms. The number of carboxylic acids is 1. The van der Waals surface area contributed by atoms with Crippen LogP contribution in [0.5, 0.6) is 5.75 Å². The van der Waals surface area contributed by atoms with Gasteiger partial charge in [0.05, 0.1) is 5.69 Å². The first-order valence-corrected chi connectivity index (χ1v) is 6.79. The Balaban J connectivity index is 2.02. The predicted molar refractivity (Wildman–Crippen MR) is 74.9 cm³/mol. The van der Waals surface area contributed by atoms with E-state index in [1.807, 2.05) is 0 Å². The van der Waals surface area contributed by atoms with Crippen LogP contribution in [-0.2, 0) is 31.0 Å². The molecular formula is C15H15F3N2O3. The van der Waals surface area contributed by atoms with Gasteiger partial charge in [0.25, 0.3) is 0 Å². The number of rotatable bonds is 6. The quantitative estimate of drug-likeness (QED) is 0.885. The first kappa shape index (κ1) is 16.9. The molecule has 2 rings (SSSR count). The van der Waals surface area contributed by atoms with Crippen molar-refractivity contribution in [3.8, 4) is 5.75 Å². The largest absolute Gasteiger partial charge is 0.487 e. The molecule has 0 unspecified atom stereocenters. The highest BCUT2D eigenvalue weighted by atomic mass is 19.4. The van der Waals surface area contributed by atoms with Crippen molar-refractivity contribution in [1.29, 1.82) is 0 Å². The molecule has 1 heterocycles. The number of hydrogen-bond acceptors (Lipinski definition) is 3. The lowest BCUT2D eigenvalue weighted by atomic mass is 10.1.